The van der Waals surface area contributed by atoms with Gasteiger partial charge in [0.15, 0.2) is 0 Å². The van der Waals surface area contributed by atoms with Crippen molar-refractivity contribution in [2.45, 2.75) is 114 Å². The minimum Gasteiger partial charge on any atom is -0.422 e. The Morgan fingerprint density at radius 2 is 1.16 bits per heavy atom. The molecule has 17 heteroatoms. The number of carbonyl (C=O) groups is 2. The molecule has 4 aliphatic rings. The van der Waals surface area contributed by atoms with Crippen LogP contribution in [0.5, 0.6) is 0 Å². The Labute approximate surface area is 373 Å². The molecule has 2 amide bonds. The molecule has 4 fully saturated rings. The molecule has 4 aromatic heterocycles. The molecular weight excluding hydrogens is 872 g/mol. The lowest BCUT2D eigenvalue weighted by Crippen LogP contribution is -2.43. The smallest absolute Gasteiger partial charge is 0.290 e. The fourth-order valence-electron chi connectivity index (χ4n) is 7.46. The van der Waals surface area contributed by atoms with Gasteiger partial charge in [-0.25, -0.2) is 0 Å². The number of halogens is 1. The van der Waals surface area contributed by atoms with Crippen molar-refractivity contribution in [2.75, 3.05) is 11.9 Å². The minimum atomic E-state index is -0.780. The molecule has 0 aliphatic heterocycles. The monoisotopic (exact) mass is 924 g/mol. The standard InChI is InChI=1S/C23H26N4O4.C18H18N4O4.C5H9Br/c1-14(29-13-15-6-5-7-15)22-25-26-23(30-22)17-10-18(11-17)24-21(28)20-12-19(27-31-20)16-8-3-2-4-9-16;1-10(23)17-20-21-18(25-17)12-7-13(8-12)19-16(24)15-9-14(22-26-15)11-5-3-2-4-6-11;6-4-5-2-1-3-5/h2-4,8-9,12,14-15,17-18H,5-7,10-11,13H2,1H3,(H,24,28);2-6,9-10,12-13,23H,7-8H2,1H3,(H,19,24);5H,1-4H2/t;10-,12?,13?;/m.1./s1. The van der Waals surface area contributed by atoms with Crippen LogP contribution in [0.1, 0.15) is 147 Å². The van der Waals surface area contributed by atoms with Crippen molar-refractivity contribution in [3.8, 4) is 22.5 Å². The van der Waals surface area contributed by atoms with Gasteiger partial charge in [-0.1, -0.05) is 99.7 Å². The number of alkyl halides is 1. The highest BCUT2D eigenvalue weighted by molar-refractivity contribution is 9.09. The van der Waals surface area contributed by atoms with Crippen LogP contribution in [0.4, 0.5) is 0 Å². The summed E-state index contributed by atoms with van der Waals surface area (Å²) in [5.41, 5.74) is 3.07. The van der Waals surface area contributed by atoms with Crippen molar-refractivity contribution in [1.82, 2.24) is 41.3 Å². The van der Waals surface area contributed by atoms with E-state index in [9.17, 15) is 14.7 Å². The summed E-state index contributed by atoms with van der Waals surface area (Å²) in [6.45, 7) is 4.27. The fourth-order valence-corrected chi connectivity index (χ4v) is 8.10. The summed E-state index contributed by atoms with van der Waals surface area (Å²) < 4.78 is 27.5. The lowest BCUT2D eigenvalue weighted by Gasteiger charge is -2.33. The minimum absolute atomic E-state index is 0.0136. The summed E-state index contributed by atoms with van der Waals surface area (Å²) in [7, 11) is 0. The molecule has 16 nitrogen and oxygen atoms in total. The first-order chi connectivity index (χ1) is 30.7. The lowest BCUT2D eigenvalue weighted by molar-refractivity contribution is 0.00504. The molecule has 0 saturated heterocycles. The highest BCUT2D eigenvalue weighted by atomic mass is 79.9. The van der Waals surface area contributed by atoms with Crippen LogP contribution in [0.2, 0.25) is 0 Å². The second-order valence-electron chi connectivity index (χ2n) is 16.9. The van der Waals surface area contributed by atoms with Gasteiger partial charge in [0.2, 0.25) is 35.1 Å². The first-order valence-electron chi connectivity index (χ1n) is 21.9. The van der Waals surface area contributed by atoms with Gasteiger partial charge in [-0.2, -0.15) is 0 Å². The van der Waals surface area contributed by atoms with Crippen LogP contribution in [0.3, 0.4) is 0 Å². The van der Waals surface area contributed by atoms with Gasteiger partial charge in [0.25, 0.3) is 11.8 Å². The van der Waals surface area contributed by atoms with Crippen LogP contribution in [-0.2, 0) is 4.74 Å². The van der Waals surface area contributed by atoms with Crippen molar-refractivity contribution in [3.05, 3.63) is 108 Å². The number of hydrogen-bond donors (Lipinski definition) is 3. The second-order valence-corrected chi connectivity index (χ2v) is 17.6. The van der Waals surface area contributed by atoms with Crippen LogP contribution in [0.25, 0.3) is 22.5 Å². The molecule has 4 aliphatic carbocycles. The molecule has 6 aromatic rings. The zero-order chi connectivity index (χ0) is 43.7. The van der Waals surface area contributed by atoms with E-state index in [2.05, 4.69) is 57.3 Å². The molecule has 1 unspecified atom stereocenters. The summed E-state index contributed by atoms with van der Waals surface area (Å²) in [5, 5.41) is 40.6. The number of aliphatic hydroxyl groups is 1. The highest BCUT2D eigenvalue weighted by Gasteiger charge is 2.37. The fraction of sp³-hybridized carbons (Fsp3) is 0.478. The van der Waals surface area contributed by atoms with E-state index in [1.165, 1.54) is 43.9 Å². The number of benzene rings is 2. The SMILES string of the molecule is BrCC1CCC1.CC(OCC1CCC1)c1nnc(C2CC(NC(=O)c3cc(-c4ccccc4)no3)C2)o1.C[C@@H](O)c1nnc(C2CC(NC(=O)c3cc(-c4ccccc4)no3)C2)o1. The molecule has 0 spiro atoms. The van der Waals surface area contributed by atoms with Gasteiger partial charge in [0.05, 0.1) is 6.61 Å². The Hall–Kier alpha value is -5.52. The van der Waals surface area contributed by atoms with E-state index >= 15 is 0 Å². The summed E-state index contributed by atoms with van der Waals surface area (Å²) in [6, 6.07) is 22.5. The Kier molecular flexibility index (Phi) is 14.5. The maximum atomic E-state index is 12.5. The van der Waals surface area contributed by atoms with E-state index in [1.54, 1.807) is 19.1 Å². The number of rotatable bonds is 14. The molecule has 0 bridgehead atoms. The van der Waals surface area contributed by atoms with E-state index < -0.39 is 6.10 Å². The van der Waals surface area contributed by atoms with Gasteiger partial charge >= 0.3 is 0 Å². The summed E-state index contributed by atoms with van der Waals surface area (Å²) in [6.07, 6.45) is 10.1. The number of nitrogens with one attached hydrogen (secondary N) is 2. The molecule has 2 aromatic carbocycles. The molecule has 0 radical (unpaired) electrons. The van der Waals surface area contributed by atoms with E-state index in [0.29, 0.717) is 47.8 Å². The molecular formula is C46H53BrN8O8. The largest absolute Gasteiger partial charge is 0.422 e. The van der Waals surface area contributed by atoms with Gasteiger partial charge in [-0.05, 0) is 77.0 Å². The van der Waals surface area contributed by atoms with Gasteiger partial charge in [-0.3, -0.25) is 9.59 Å². The number of aliphatic hydroxyl groups excluding tert-OH is 1. The molecule has 4 heterocycles. The van der Waals surface area contributed by atoms with E-state index in [4.69, 9.17) is 22.6 Å². The topological polar surface area (TPSA) is 218 Å². The van der Waals surface area contributed by atoms with E-state index in [-0.39, 0.29) is 59.2 Å². The maximum absolute atomic E-state index is 12.5. The average Bonchev–Trinajstić information content (AvgIpc) is 4.08. The van der Waals surface area contributed by atoms with E-state index in [1.807, 2.05) is 67.6 Å². The lowest BCUT2D eigenvalue weighted by atomic mass is 9.80. The normalized spacial score (nSPS) is 21.4. The zero-order valence-corrected chi connectivity index (χ0v) is 37.0. The number of carbonyl (C=O) groups excluding carboxylic acids is 2. The third-order valence-electron chi connectivity index (χ3n) is 12.1. The zero-order valence-electron chi connectivity index (χ0n) is 35.4. The van der Waals surface area contributed by atoms with Gasteiger partial charge in [0, 0.05) is 52.5 Å². The maximum Gasteiger partial charge on any atom is 0.290 e. The summed E-state index contributed by atoms with van der Waals surface area (Å²) in [5.74, 6) is 3.64. The Balaban J connectivity index is 0.000000154. The Morgan fingerprint density at radius 3 is 1.56 bits per heavy atom. The molecule has 332 valence electrons. The van der Waals surface area contributed by atoms with Crippen LogP contribution >= 0.6 is 15.9 Å². The number of aromatic nitrogens is 6. The summed E-state index contributed by atoms with van der Waals surface area (Å²) in [4.78, 5) is 24.8. The van der Waals surface area contributed by atoms with E-state index in [0.717, 1.165) is 36.5 Å². The number of hydrogen-bond acceptors (Lipinski definition) is 14. The van der Waals surface area contributed by atoms with Gasteiger partial charge in [-0.15, -0.1) is 20.4 Å². The number of nitrogens with zero attached hydrogens (tertiary/aromatic N) is 6. The number of amides is 2. The Morgan fingerprint density at radius 1 is 0.698 bits per heavy atom. The van der Waals surface area contributed by atoms with Gasteiger partial charge < -0.3 is 38.4 Å². The first kappa shape index (κ1) is 44.1. The average molecular weight is 926 g/mol. The van der Waals surface area contributed by atoms with Crippen molar-refractivity contribution < 1.29 is 37.3 Å². The van der Waals surface area contributed by atoms with Crippen LogP contribution in [0.15, 0.2) is 90.7 Å². The third kappa shape index (κ3) is 11.4. The molecule has 10 rings (SSSR count). The first-order valence-corrected chi connectivity index (χ1v) is 23.0. The molecule has 4 saturated carbocycles. The second kappa shape index (κ2) is 20.8. The van der Waals surface area contributed by atoms with Crippen molar-refractivity contribution in [1.29, 1.82) is 0 Å². The quantitative estimate of drug-likeness (QED) is 0.0870. The summed E-state index contributed by atoms with van der Waals surface area (Å²) >= 11 is 3.43. The van der Waals surface area contributed by atoms with Crippen LogP contribution in [-0.4, -0.2) is 71.6 Å². The molecule has 63 heavy (non-hydrogen) atoms. The predicted octanol–water partition coefficient (Wildman–Crippen LogP) is 8.91. The molecule has 2 atom stereocenters. The van der Waals surface area contributed by atoms with Crippen LogP contribution < -0.4 is 10.6 Å². The Bertz CT molecular complexity index is 2360. The van der Waals surface area contributed by atoms with Gasteiger partial charge in [0.1, 0.15) is 23.6 Å². The molecule has 3 N–H and O–H groups in total. The third-order valence-corrected chi connectivity index (χ3v) is 13.0. The highest BCUT2D eigenvalue weighted by Crippen LogP contribution is 2.38. The van der Waals surface area contributed by atoms with Crippen LogP contribution in [0, 0.1) is 11.8 Å². The predicted molar refractivity (Wildman–Crippen MR) is 232 cm³/mol. The van der Waals surface area contributed by atoms with Crippen molar-refractivity contribution in [3.63, 3.8) is 0 Å². The van der Waals surface area contributed by atoms with Crippen molar-refractivity contribution >= 4 is 27.7 Å². The number of ether oxygens (including phenoxy) is 1. The van der Waals surface area contributed by atoms with Crippen molar-refractivity contribution in [2.24, 2.45) is 11.8 Å².